The molecule has 0 atom stereocenters. The van der Waals surface area contributed by atoms with E-state index in [1.165, 1.54) is 13.8 Å². The molecule has 0 fully saturated rings. The first kappa shape index (κ1) is 42.5. The Kier molecular flexibility index (Phi) is 10.9. The van der Waals surface area contributed by atoms with Gasteiger partial charge in [0.2, 0.25) is 22.8 Å². The van der Waals surface area contributed by atoms with E-state index < -0.39 is 0 Å². The van der Waals surface area contributed by atoms with Crippen LogP contribution in [0.3, 0.4) is 0 Å². The van der Waals surface area contributed by atoms with E-state index >= 15 is 0 Å². The summed E-state index contributed by atoms with van der Waals surface area (Å²) >= 11 is 0. The Morgan fingerprint density at radius 1 is 0.448 bits per heavy atom. The number of benzene rings is 4. The molecular formula is C56H44ClN8O2+. The quantitative estimate of drug-likeness (QED) is 0.126. The number of aryl methyl sites for hydroxylation is 2. The van der Waals surface area contributed by atoms with Crippen LogP contribution < -0.4 is 32.2 Å². The molecule has 7 heterocycles. The van der Waals surface area contributed by atoms with Gasteiger partial charge in [-0.3, -0.25) is 9.59 Å². The Balaban J connectivity index is 0.00000525. The van der Waals surface area contributed by atoms with Crippen LogP contribution in [-0.2, 0) is 23.7 Å². The summed E-state index contributed by atoms with van der Waals surface area (Å²) in [6.45, 7) is 3.02. The Bertz CT molecular complexity index is 3490. The minimum atomic E-state index is -0.131. The molecule has 0 radical (unpaired) electrons. The lowest BCUT2D eigenvalue weighted by Gasteiger charge is -2.08. The van der Waals surface area contributed by atoms with Gasteiger partial charge in [-0.15, -0.1) is 0 Å². The topological polar surface area (TPSA) is 123 Å². The fourth-order valence-corrected chi connectivity index (χ4v) is 9.37. The van der Waals surface area contributed by atoms with Crippen LogP contribution in [0.15, 0.2) is 146 Å². The number of halogens is 1. The molecule has 67 heavy (non-hydrogen) atoms. The van der Waals surface area contributed by atoms with Gasteiger partial charge in [-0.25, -0.2) is 19.1 Å². The maximum absolute atomic E-state index is 12.0. The second-order valence-electron chi connectivity index (χ2n) is 16.8. The highest BCUT2D eigenvalue weighted by Gasteiger charge is 2.22. The van der Waals surface area contributed by atoms with Crippen LogP contribution in [0, 0.1) is 0 Å². The molecule has 2 aliphatic rings. The zero-order valence-electron chi connectivity index (χ0n) is 37.1. The van der Waals surface area contributed by atoms with E-state index in [2.05, 4.69) is 165 Å². The van der Waals surface area contributed by atoms with Gasteiger partial charge < -0.3 is 33.0 Å². The molecule has 5 aromatic heterocycles. The summed E-state index contributed by atoms with van der Waals surface area (Å²) in [7, 11) is 4.15. The molecule has 326 valence electrons. The first-order valence-corrected chi connectivity index (χ1v) is 21.8. The summed E-state index contributed by atoms with van der Waals surface area (Å²) in [6, 6.07) is 45.5. The van der Waals surface area contributed by atoms with Crippen LogP contribution in [-0.4, -0.2) is 31.8 Å². The largest absolute Gasteiger partial charge is 1.00 e. The molecule has 2 amide bonds. The number of aromatic amines is 2. The number of carbonyl (C=O) groups excluding carboxylic acids is 2. The lowest BCUT2D eigenvalue weighted by Crippen LogP contribution is -3.00. The number of nitrogens with zero attached hydrogens (tertiary/aromatic N) is 4. The zero-order chi connectivity index (χ0) is 45.1. The fraction of sp³-hybridized carbons (Fsp3) is 0.0714. The van der Waals surface area contributed by atoms with E-state index in [-0.39, 0.29) is 24.2 Å². The van der Waals surface area contributed by atoms with Gasteiger partial charge >= 0.3 is 0 Å². The van der Waals surface area contributed by atoms with E-state index in [1.54, 1.807) is 0 Å². The summed E-state index contributed by atoms with van der Waals surface area (Å²) in [6.07, 6.45) is 12.7. The van der Waals surface area contributed by atoms with Gasteiger partial charge in [-0.2, -0.15) is 0 Å². The van der Waals surface area contributed by atoms with Crippen molar-refractivity contribution in [2.75, 3.05) is 10.6 Å². The normalized spacial score (nSPS) is 11.8. The molecule has 0 unspecified atom stereocenters. The number of hydrogen-bond acceptors (Lipinski definition) is 4. The van der Waals surface area contributed by atoms with Crippen molar-refractivity contribution in [2.24, 2.45) is 14.1 Å². The predicted molar refractivity (Wildman–Crippen MR) is 267 cm³/mol. The number of para-hydroxylation sites is 2. The molecule has 4 aromatic carbocycles. The highest BCUT2D eigenvalue weighted by molar-refractivity contribution is 6.01. The molecule has 10 nitrogen and oxygen atoms in total. The van der Waals surface area contributed by atoms with Crippen molar-refractivity contribution in [3.8, 4) is 44.5 Å². The molecule has 4 N–H and O–H groups in total. The number of pyridine rings is 2. The van der Waals surface area contributed by atoms with E-state index in [4.69, 9.17) is 9.97 Å². The highest BCUT2D eigenvalue weighted by atomic mass is 35.5. The van der Waals surface area contributed by atoms with Crippen molar-refractivity contribution in [3.63, 3.8) is 0 Å². The first-order valence-electron chi connectivity index (χ1n) is 21.8. The maximum Gasteiger partial charge on any atom is 0.221 e. The lowest BCUT2D eigenvalue weighted by atomic mass is 10.0. The number of carbonyl (C=O) groups is 2. The summed E-state index contributed by atoms with van der Waals surface area (Å²) in [5.74, 6) is -0.263. The van der Waals surface area contributed by atoms with Gasteiger partial charge in [0.25, 0.3) is 0 Å². The first-order chi connectivity index (χ1) is 32.1. The van der Waals surface area contributed by atoms with Crippen LogP contribution in [0.25, 0.3) is 113 Å². The van der Waals surface area contributed by atoms with E-state index in [0.29, 0.717) is 11.4 Å². The molecular weight excluding hydrogens is 852 g/mol. The van der Waals surface area contributed by atoms with Crippen molar-refractivity contribution in [3.05, 3.63) is 169 Å². The van der Waals surface area contributed by atoms with Gasteiger partial charge in [-0.1, -0.05) is 48.5 Å². The van der Waals surface area contributed by atoms with E-state index in [9.17, 15) is 9.59 Å². The molecule has 9 aromatic rings. The Labute approximate surface area is 392 Å². The third-order valence-corrected chi connectivity index (χ3v) is 12.2. The summed E-state index contributed by atoms with van der Waals surface area (Å²) in [4.78, 5) is 42.7. The molecule has 11 rings (SSSR count). The number of H-pyrrole nitrogens is 2. The SMILES string of the molecule is CC(=O)Nc1ccc(-c2c3nc(c(-c4cc5ccccc5[n+](C)c4)c4ccc([nH]4)c(-c4ccc(NC(C)=O)cc4)c4nc(c(-c5cc6ccccc6[n+](C)c5)c5ccc2[nH]5)C=C4)C=C3)cc1.[Cl-]. The number of fused-ring (bicyclic) bond motifs is 10. The molecule has 0 spiro atoms. The van der Waals surface area contributed by atoms with Crippen LogP contribution in [0.1, 0.15) is 36.6 Å². The predicted octanol–water partition coefficient (Wildman–Crippen LogP) is 8.20. The van der Waals surface area contributed by atoms with Crippen molar-refractivity contribution in [1.29, 1.82) is 0 Å². The van der Waals surface area contributed by atoms with Gasteiger partial charge in [-0.05, 0) is 108 Å². The van der Waals surface area contributed by atoms with Gasteiger partial charge in [0.05, 0.1) is 33.9 Å². The smallest absolute Gasteiger partial charge is 0.221 e. The van der Waals surface area contributed by atoms with Crippen molar-refractivity contribution >= 4 is 91.4 Å². The third-order valence-electron chi connectivity index (χ3n) is 12.2. The molecule has 8 bridgehead atoms. The average molecular weight is 896 g/mol. The minimum Gasteiger partial charge on any atom is -1.00 e. The fourth-order valence-electron chi connectivity index (χ4n) is 9.37. The number of amides is 2. The van der Waals surface area contributed by atoms with E-state index in [0.717, 1.165) is 111 Å². The van der Waals surface area contributed by atoms with Gasteiger partial charge in [0.15, 0.2) is 12.4 Å². The van der Waals surface area contributed by atoms with Gasteiger partial charge in [0.1, 0.15) is 14.1 Å². The summed E-state index contributed by atoms with van der Waals surface area (Å²) in [5.41, 5.74) is 17.9. The Morgan fingerprint density at radius 3 is 1.12 bits per heavy atom. The summed E-state index contributed by atoms with van der Waals surface area (Å²) in [5, 5.41) is 8.03. The molecule has 11 heteroatoms. The lowest BCUT2D eigenvalue weighted by molar-refractivity contribution is -0.644. The van der Waals surface area contributed by atoms with Gasteiger partial charge in [0, 0.05) is 92.4 Å². The second-order valence-corrected chi connectivity index (χ2v) is 16.8. The summed E-state index contributed by atoms with van der Waals surface area (Å²) < 4.78 is 4.32. The van der Waals surface area contributed by atoms with E-state index in [1.807, 2.05) is 48.5 Å². The average Bonchev–Trinajstić information content (AvgIpc) is 4.16. The molecule has 0 saturated carbocycles. The molecule has 0 saturated heterocycles. The Hall–Kier alpha value is -8.47. The number of hydrogen-bond donors (Lipinski definition) is 4. The third kappa shape index (κ3) is 7.93. The molecule has 2 aliphatic heterocycles. The maximum atomic E-state index is 12.0. The standard InChI is InChI=1S/C56H42N8O2.ClH/c1-33(65)57-41-17-13-35(14-18-41)53-43-21-25-47(59-43)55(39-29-37-9-5-7-11-51(37)63(3)31-39)49-27-23-45(61-49)54(36-15-19-42(20-16-36)58-34(2)66)46-24-28-50(62-46)56(48-26-22-44(53)60-48)40-30-38-10-6-8-12-52(38)64(4)32-40;/h5-32H,1-4H3,(H2-2,57,58,59,60,61,62,65,66);1H/p+1. The number of aromatic nitrogens is 6. The monoisotopic (exact) mass is 895 g/mol. The number of anilines is 2. The minimum absolute atomic E-state index is 0. The van der Waals surface area contributed by atoms with Crippen molar-refractivity contribution < 1.29 is 31.1 Å². The van der Waals surface area contributed by atoms with Crippen molar-refractivity contribution in [2.45, 2.75) is 13.8 Å². The Morgan fingerprint density at radius 2 is 0.776 bits per heavy atom. The second kappa shape index (κ2) is 17.2. The highest BCUT2D eigenvalue weighted by Crippen LogP contribution is 2.39. The van der Waals surface area contributed by atoms with Crippen molar-refractivity contribution in [1.82, 2.24) is 19.9 Å². The van der Waals surface area contributed by atoms with Crippen LogP contribution in [0.5, 0.6) is 0 Å². The number of nitrogens with one attached hydrogen (secondary N) is 4. The molecule has 0 aliphatic carbocycles. The number of rotatable bonds is 6. The van der Waals surface area contributed by atoms with Crippen LogP contribution in [0.2, 0.25) is 0 Å². The zero-order valence-corrected chi connectivity index (χ0v) is 37.9. The van der Waals surface area contributed by atoms with Crippen LogP contribution in [0.4, 0.5) is 11.4 Å². The van der Waals surface area contributed by atoms with Crippen LogP contribution >= 0.6 is 0 Å².